The molecule has 5 heteroatoms. The quantitative estimate of drug-likeness (QED) is 0.847. The van der Waals surface area contributed by atoms with Crippen LogP contribution in [-0.2, 0) is 9.53 Å². The molecule has 2 saturated heterocycles. The van der Waals surface area contributed by atoms with Crippen LogP contribution in [0.25, 0.3) is 0 Å². The van der Waals surface area contributed by atoms with Gasteiger partial charge in [0, 0.05) is 19.5 Å². The maximum Gasteiger partial charge on any atom is 0.222 e. The van der Waals surface area contributed by atoms with Crippen LogP contribution in [0, 0.1) is 5.92 Å². The highest BCUT2D eigenvalue weighted by Gasteiger charge is 2.25. The van der Waals surface area contributed by atoms with Gasteiger partial charge in [0.2, 0.25) is 5.91 Å². The van der Waals surface area contributed by atoms with Gasteiger partial charge in [-0.1, -0.05) is 0 Å². The minimum atomic E-state index is 0. The second kappa shape index (κ2) is 8.85. The van der Waals surface area contributed by atoms with Gasteiger partial charge >= 0.3 is 0 Å². The molecule has 1 N–H and O–H groups in total. The first-order valence-electron chi connectivity index (χ1n) is 7.77. The van der Waals surface area contributed by atoms with E-state index in [1.807, 2.05) is 11.9 Å². The zero-order valence-corrected chi connectivity index (χ0v) is 13.6. The monoisotopic (exact) mass is 304 g/mol. The molecule has 0 aromatic rings. The van der Waals surface area contributed by atoms with Crippen LogP contribution in [0.1, 0.15) is 45.4 Å². The number of nitrogens with zero attached hydrogens (tertiary/aromatic N) is 1. The summed E-state index contributed by atoms with van der Waals surface area (Å²) in [4.78, 5) is 14.2. The molecular formula is C15H29ClN2O2. The first kappa shape index (κ1) is 17.7. The van der Waals surface area contributed by atoms with Gasteiger partial charge in [-0.2, -0.15) is 0 Å². The molecule has 0 aliphatic carbocycles. The summed E-state index contributed by atoms with van der Waals surface area (Å²) >= 11 is 0. The van der Waals surface area contributed by atoms with E-state index < -0.39 is 0 Å². The number of rotatable bonds is 5. The predicted molar refractivity (Wildman–Crippen MR) is 83.3 cm³/mol. The molecule has 0 spiro atoms. The SMILES string of the molecule is CNCC1CCN(C(=O)CCC2CCC(C)O2)CC1.Cl. The van der Waals surface area contributed by atoms with Gasteiger partial charge in [0.05, 0.1) is 12.2 Å². The van der Waals surface area contributed by atoms with E-state index in [1.165, 1.54) is 0 Å². The zero-order chi connectivity index (χ0) is 13.7. The molecule has 0 saturated carbocycles. The van der Waals surface area contributed by atoms with Crippen LogP contribution >= 0.6 is 12.4 Å². The Kier molecular flexibility index (Phi) is 7.85. The molecule has 2 rings (SSSR count). The second-order valence-electron chi connectivity index (χ2n) is 6.07. The average molecular weight is 305 g/mol. The standard InChI is InChI=1S/C15H28N2O2.ClH/c1-12-3-4-14(19-12)5-6-15(18)17-9-7-13(8-10-17)11-16-2;/h12-14,16H,3-11H2,1-2H3;1H. The molecule has 0 aromatic carbocycles. The van der Waals surface area contributed by atoms with Crippen molar-refractivity contribution < 1.29 is 9.53 Å². The van der Waals surface area contributed by atoms with Crippen molar-refractivity contribution in [2.45, 2.75) is 57.7 Å². The topological polar surface area (TPSA) is 41.6 Å². The minimum absolute atomic E-state index is 0. The average Bonchev–Trinajstić information content (AvgIpc) is 2.83. The molecule has 0 aromatic heterocycles. The Morgan fingerprint density at radius 2 is 1.95 bits per heavy atom. The highest BCUT2D eigenvalue weighted by atomic mass is 35.5. The van der Waals surface area contributed by atoms with Crippen LogP contribution in [-0.4, -0.2) is 49.7 Å². The molecule has 2 unspecified atom stereocenters. The number of carbonyl (C=O) groups excluding carboxylic acids is 1. The fourth-order valence-corrected chi connectivity index (χ4v) is 3.22. The summed E-state index contributed by atoms with van der Waals surface area (Å²) in [6, 6.07) is 0. The highest BCUT2D eigenvalue weighted by Crippen LogP contribution is 2.23. The number of nitrogens with one attached hydrogen (secondary N) is 1. The van der Waals surface area contributed by atoms with E-state index in [4.69, 9.17) is 4.74 Å². The van der Waals surface area contributed by atoms with Crippen molar-refractivity contribution >= 4 is 18.3 Å². The lowest BCUT2D eigenvalue weighted by molar-refractivity contribution is -0.133. The van der Waals surface area contributed by atoms with Gasteiger partial charge in [-0.15, -0.1) is 12.4 Å². The lowest BCUT2D eigenvalue weighted by atomic mass is 9.96. The molecule has 20 heavy (non-hydrogen) atoms. The van der Waals surface area contributed by atoms with Gasteiger partial charge in [0.1, 0.15) is 0 Å². The third-order valence-corrected chi connectivity index (χ3v) is 4.46. The summed E-state index contributed by atoms with van der Waals surface area (Å²) in [6.07, 6.45) is 6.83. The molecule has 2 heterocycles. The number of ether oxygens (including phenoxy) is 1. The van der Waals surface area contributed by atoms with Crippen molar-refractivity contribution in [1.82, 2.24) is 10.2 Å². The molecule has 2 fully saturated rings. The van der Waals surface area contributed by atoms with Crippen LogP contribution in [0.15, 0.2) is 0 Å². The second-order valence-corrected chi connectivity index (χ2v) is 6.07. The molecule has 2 aliphatic rings. The van der Waals surface area contributed by atoms with Gasteiger partial charge in [-0.3, -0.25) is 4.79 Å². The van der Waals surface area contributed by atoms with Crippen LogP contribution in [0.3, 0.4) is 0 Å². The van der Waals surface area contributed by atoms with Crippen LogP contribution in [0.5, 0.6) is 0 Å². The van der Waals surface area contributed by atoms with E-state index in [2.05, 4.69) is 12.2 Å². The summed E-state index contributed by atoms with van der Waals surface area (Å²) in [5, 5.41) is 3.23. The predicted octanol–water partition coefficient (Wildman–Crippen LogP) is 2.21. The summed E-state index contributed by atoms with van der Waals surface area (Å²) in [7, 11) is 2.00. The van der Waals surface area contributed by atoms with Crippen molar-refractivity contribution in [3.05, 3.63) is 0 Å². The number of carbonyl (C=O) groups is 1. The third kappa shape index (κ3) is 5.23. The Balaban J connectivity index is 0.00000200. The van der Waals surface area contributed by atoms with E-state index in [-0.39, 0.29) is 12.4 Å². The maximum atomic E-state index is 12.2. The Morgan fingerprint density at radius 3 is 2.50 bits per heavy atom. The van der Waals surface area contributed by atoms with Gasteiger partial charge < -0.3 is 15.0 Å². The number of halogens is 1. The summed E-state index contributed by atoms with van der Waals surface area (Å²) < 4.78 is 5.77. The van der Waals surface area contributed by atoms with E-state index >= 15 is 0 Å². The molecule has 2 aliphatic heterocycles. The largest absolute Gasteiger partial charge is 0.375 e. The van der Waals surface area contributed by atoms with Crippen molar-refractivity contribution in [2.75, 3.05) is 26.7 Å². The van der Waals surface area contributed by atoms with Crippen molar-refractivity contribution in [1.29, 1.82) is 0 Å². The normalized spacial score (nSPS) is 27.4. The molecular weight excluding hydrogens is 276 g/mol. The van der Waals surface area contributed by atoms with E-state index in [9.17, 15) is 4.79 Å². The molecule has 2 atom stereocenters. The number of amides is 1. The number of hydrogen-bond acceptors (Lipinski definition) is 3. The van der Waals surface area contributed by atoms with E-state index in [0.717, 1.165) is 57.7 Å². The lowest BCUT2D eigenvalue weighted by Crippen LogP contribution is -2.40. The fraction of sp³-hybridized carbons (Fsp3) is 0.933. The van der Waals surface area contributed by atoms with Gasteiger partial charge in [0.25, 0.3) is 0 Å². The van der Waals surface area contributed by atoms with Crippen LogP contribution < -0.4 is 5.32 Å². The minimum Gasteiger partial charge on any atom is -0.375 e. The maximum absolute atomic E-state index is 12.2. The van der Waals surface area contributed by atoms with Crippen molar-refractivity contribution in [3.8, 4) is 0 Å². The smallest absolute Gasteiger partial charge is 0.222 e. The summed E-state index contributed by atoms with van der Waals surface area (Å²) in [5.74, 6) is 1.07. The third-order valence-electron chi connectivity index (χ3n) is 4.46. The first-order valence-corrected chi connectivity index (χ1v) is 7.77. The molecule has 118 valence electrons. The molecule has 4 nitrogen and oxygen atoms in total. The lowest BCUT2D eigenvalue weighted by Gasteiger charge is -2.32. The number of piperidine rings is 1. The summed E-state index contributed by atoms with van der Waals surface area (Å²) in [6.45, 7) is 5.07. The summed E-state index contributed by atoms with van der Waals surface area (Å²) in [5.41, 5.74) is 0. The Labute approximate surface area is 129 Å². The van der Waals surface area contributed by atoms with Gasteiger partial charge in [-0.25, -0.2) is 0 Å². The van der Waals surface area contributed by atoms with Crippen LogP contribution in [0.2, 0.25) is 0 Å². The van der Waals surface area contributed by atoms with Gasteiger partial charge in [-0.05, 0) is 58.5 Å². The fourth-order valence-electron chi connectivity index (χ4n) is 3.22. The number of likely N-dealkylation sites (tertiary alicyclic amines) is 1. The Morgan fingerprint density at radius 1 is 1.25 bits per heavy atom. The van der Waals surface area contributed by atoms with Crippen molar-refractivity contribution in [2.24, 2.45) is 5.92 Å². The van der Waals surface area contributed by atoms with Crippen molar-refractivity contribution in [3.63, 3.8) is 0 Å². The molecule has 0 radical (unpaired) electrons. The zero-order valence-electron chi connectivity index (χ0n) is 12.8. The van der Waals surface area contributed by atoms with Crippen LogP contribution in [0.4, 0.5) is 0 Å². The van der Waals surface area contributed by atoms with Gasteiger partial charge in [0.15, 0.2) is 0 Å². The Hall–Kier alpha value is -0.320. The number of hydrogen-bond donors (Lipinski definition) is 1. The molecule has 0 bridgehead atoms. The van der Waals surface area contributed by atoms with E-state index in [0.29, 0.717) is 24.5 Å². The highest BCUT2D eigenvalue weighted by molar-refractivity contribution is 5.85. The molecule has 1 amide bonds. The van der Waals surface area contributed by atoms with E-state index in [1.54, 1.807) is 0 Å². The first-order chi connectivity index (χ1) is 9.19. The Bertz CT molecular complexity index is 294.